The Labute approximate surface area is 210 Å². The van der Waals surface area contributed by atoms with Gasteiger partial charge in [0.15, 0.2) is 0 Å². The number of carbonyl (C=O) groups excluding carboxylic acids is 1. The van der Waals surface area contributed by atoms with E-state index in [0.29, 0.717) is 25.2 Å². The van der Waals surface area contributed by atoms with Crippen molar-refractivity contribution in [3.8, 4) is 0 Å². The van der Waals surface area contributed by atoms with E-state index in [4.69, 9.17) is 0 Å². The first-order valence-corrected chi connectivity index (χ1v) is 13.9. The average Bonchev–Trinajstić information content (AvgIpc) is 2.76. The fourth-order valence-corrected chi connectivity index (χ4v) is 10.6. The van der Waals surface area contributed by atoms with E-state index in [0.717, 1.165) is 44.8 Å². The van der Waals surface area contributed by atoms with Gasteiger partial charge in [0.1, 0.15) is 11.7 Å². The monoisotopic (exact) mass is 486 g/mol. The van der Waals surface area contributed by atoms with E-state index in [1.165, 1.54) is 5.57 Å². The maximum absolute atomic E-state index is 12.8. The van der Waals surface area contributed by atoms with Gasteiger partial charge in [0.05, 0.1) is 17.6 Å². The number of carboxylic acids is 1. The predicted molar refractivity (Wildman–Crippen MR) is 134 cm³/mol. The second-order valence-electron chi connectivity index (χ2n) is 14.8. The molecular weight excluding hydrogens is 440 g/mol. The molecule has 3 N–H and O–H groups in total. The molecule has 0 aromatic rings. The van der Waals surface area contributed by atoms with Crippen LogP contribution in [0.2, 0.25) is 0 Å². The zero-order valence-electron chi connectivity index (χ0n) is 22.6. The highest BCUT2D eigenvalue weighted by Gasteiger charge is 2.71. The van der Waals surface area contributed by atoms with Gasteiger partial charge < -0.3 is 20.1 Å². The van der Waals surface area contributed by atoms with Crippen LogP contribution in [0.15, 0.2) is 11.6 Å². The largest absolute Gasteiger partial charge is 0.481 e. The summed E-state index contributed by atoms with van der Waals surface area (Å²) in [4.78, 5) is 25.1. The first-order chi connectivity index (χ1) is 16.1. The number of hydrogen-bond donors (Lipinski definition) is 3. The Kier molecular flexibility index (Phi) is 5.40. The standard InChI is InChI=1S/C30H46O5/c1-25(2)13-14-30(24(34)35)19(15-25)18-7-8-21-26(3)11-10-22(32)27(4,17-31)20(26)9-12-28(21,5)29(18,6)16-23(30)33/h7,17,19-23,32-33H,8-16H2,1-6H3,(H,34,35)/t19?,20?,21?,22-,23+,26?,27+,28+,29+,30+/m0/s1. The van der Waals surface area contributed by atoms with Crippen LogP contribution >= 0.6 is 0 Å². The Hall–Kier alpha value is -1.20. The Morgan fingerprint density at radius 1 is 0.914 bits per heavy atom. The topological polar surface area (TPSA) is 94.8 Å². The van der Waals surface area contributed by atoms with Gasteiger partial charge in [-0.3, -0.25) is 4.79 Å². The summed E-state index contributed by atoms with van der Waals surface area (Å²) in [7, 11) is 0. The van der Waals surface area contributed by atoms with Crippen LogP contribution < -0.4 is 0 Å². The summed E-state index contributed by atoms with van der Waals surface area (Å²) in [6, 6.07) is 0. The van der Waals surface area contributed by atoms with Crippen molar-refractivity contribution < 1.29 is 24.9 Å². The van der Waals surface area contributed by atoms with Gasteiger partial charge in [-0.15, -0.1) is 0 Å². The number of fused-ring (bicyclic) bond motifs is 7. The van der Waals surface area contributed by atoms with Gasteiger partial charge in [0.25, 0.3) is 0 Å². The summed E-state index contributed by atoms with van der Waals surface area (Å²) in [5.41, 5.74) is -0.934. The molecule has 0 spiro atoms. The normalized spacial score (nSPS) is 54.9. The molecule has 0 saturated heterocycles. The van der Waals surface area contributed by atoms with Crippen LogP contribution in [0.25, 0.3) is 0 Å². The fraction of sp³-hybridized carbons (Fsp3) is 0.867. The number of allylic oxidation sites excluding steroid dienone is 2. The fourth-order valence-electron chi connectivity index (χ4n) is 10.6. The molecule has 4 unspecified atom stereocenters. The third-order valence-electron chi connectivity index (χ3n) is 13.0. The van der Waals surface area contributed by atoms with E-state index in [1.54, 1.807) is 0 Å². The summed E-state index contributed by atoms with van der Waals surface area (Å²) in [6.45, 7) is 13.5. The second kappa shape index (κ2) is 7.43. The molecule has 0 aromatic carbocycles. The van der Waals surface area contributed by atoms with Gasteiger partial charge in [-0.2, -0.15) is 0 Å². The Morgan fingerprint density at radius 3 is 2.23 bits per heavy atom. The number of aliphatic hydroxyl groups is 2. The molecule has 5 nitrogen and oxygen atoms in total. The minimum absolute atomic E-state index is 0.0507. The van der Waals surface area contributed by atoms with Crippen molar-refractivity contribution in [1.29, 1.82) is 0 Å². The first-order valence-electron chi connectivity index (χ1n) is 13.9. The van der Waals surface area contributed by atoms with Gasteiger partial charge in [0, 0.05) is 0 Å². The van der Waals surface area contributed by atoms with Crippen molar-refractivity contribution in [2.24, 2.45) is 50.2 Å². The second-order valence-corrected chi connectivity index (χ2v) is 14.8. The molecule has 196 valence electrons. The van der Waals surface area contributed by atoms with Crippen LogP contribution in [0.4, 0.5) is 0 Å². The van der Waals surface area contributed by atoms with Crippen LogP contribution in [0.3, 0.4) is 0 Å². The molecule has 0 aliphatic heterocycles. The summed E-state index contributed by atoms with van der Waals surface area (Å²) in [5, 5.41) is 33.0. The average molecular weight is 487 g/mol. The van der Waals surface area contributed by atoms with E-state index in [2.05, 4.69) is 40.7 Å². The lowest BCUT2D eigenvalue weighted by atomic mass is 9.33. The minimum atomic E-state index is -1.09. The number of rotatable bonds is 2. The number of aliphatic carboxylic acids is 1. The Balaban J connectivity index is 1.63. The molecular formula is C30H46O5. The number of carboxylic acid groups (broad SMARTS) is 1. The van der Waals surface area contributed by atoms with Crippen molar-refractivity contribution in [2.45, 2.75) is 112 Å². The third kappa shape index (κ3) is 2.94. The van der Waals surface area contributed by atoms with Gasteiger partial charge in [0.2, 0.25) is 0 Å². The lowest BCUT2D eigenvalue weighted by Gasteiger charge is -2.71. The number of aliphatic hydroxyl groups excluding tert-OH is 2. The van der Waals surface area contributed by atoms with Gasteiger partial charge >= 0.3 is 5.97 Å². The van der Waals surface area contributed by atoms with E-state index >= 15 is 0 Å². The van der Waals surface area contributed by atoms with Crippen molar-refractivity contribution in [1.82, 2.24) is 0 Å². The highest BCUT2D eigenvalue weighted by molar-refractivity contribution is 5.77. The Bertz CT molecular complexity index is 970. The smallest absolute Gasteiger partial charge is 0.312 e. The van der Waals surface area contributed by atoms with Crippen LogP contribution in [-0.2, 0) is 9.59 Å². The van der Waals surface area contributed by atoms with Crippen molar-refractivity contribution in [3.63, 3.8) is 0 Å². The zero-order valence-corrected chi connectivity index (χ0v) is 22.6. The molecule has 0 amide bonds. The van der Waals surface area contributed by atoms with Crippen molar-refractivity contribution >= 4 is 12.3 Å². The summed E-state index contributed by atoms with van der Waals surface area (Å²) in [5.74, 6) is -0.517. The van der Waals surface area contributed by atoms with Gasteiger partial charge in [-0.1, -0.05) is 53.2 Å². The third-order valence-corrected chi connectivity index (χ3v) is 13.0. The van der Waals surface area contributed by atoms with Crippen LogP contribution in [0.5, 0.6) is 0 Å². The molecule has 0 bridgehead atoms. The molecule has 0 aromatic heterocycles. The molecule has 0 heterocycles. The molecule has 5 aliphatic rings. The van der Waals surface area contributed by atoms with Crippen LogP contribution in [0.1, 0.15) is 99.3 Å². The molecule has 0 radical (unpaired) electrons. The summed E-state index contributed by atoms with van der Waals surface area (Å²) in [6.07, 6.45) is 8.83. The van der Waals surface area contributed by atoms with Crippen molar-refractivity contribution in [2.75, 3.05) is 0 Å². The lowest BCUT2D eigenvalue weighted by molar-refractivity contribution is -0.217. The van der Waals surface area contributed by atoms with Crippen LogP contribution in [-0.4, -0.2) is 39.8 Å². The van der Waals surface area contributed by atoms with E-state index in [1.807, 2.05) is 6.92 Å². The highest BCUT2D eigenvalue weighted by Crippen LogP contribution is 2.75. The molecule has 5 aliphatic carbocycles. The summed E-state index contributed by atoms with van der Waals surface area (Å²) < 4.78 is 0. The quantitative estimate of drug-likeness (QED) is 0.360. The molecule has 10 atom stereocenters. The molecule has 5 rings (SSSR count). The lowest BCUT2D eigenvalue weighted by Crippen LogP contribution is -2.67. The first kappa shape index (κ1) is 25.4. The molecule has 5 heteroatoms. The van der Waals surface area contributed by atoms with E-state index in [-0.39, 0.29) is 33.5 Å². The number of hydrogen-bond acceptors (Lipinski definition) is 4. The van der Waals surface area contributed by atoms with E-state index < -0.39 is 29.0 Å². The number of carbonyl (C=O) groups is 2. The maximum Gasteiger partial charge on any atom is 0.312 e. The Morgan fingerprint density at radius 2 is 1.60 bits per heavy atom. The molecule has 35 heavy (non-hydrogen) atoms. The van der Waals surface area contributed by atoms with Crippen molar-refractivity contribution in [3.05, 3.63) is 11.6 Å². The van der Waals surface area contributed by atoms with Gasteiger partial charge in [-0.05, 0) is 97.2 Å². The maximum atomic E-state index is 12.8. The minimum Gasteiger partial charge on any atom is -0.481 e. The molecule has 4 fully saturated rings. The SMILES string of the molecule is CC1(C)CC[C@@]2(C(=O)O)C(C1)C1=CCC3C4(C)CC[C@H](O)[C@](C)(C=O)C4CC[C@@]3(C)[C@]1(C)C[C@H]2O. The summed E-state index contributed by atoms with van der Waals surface area (Å²) >= 11 is 0. The van der Waals surface area contributed by atoms with E-state index in [9.17, 15) is 24.9 Å². The highest BCUT2D eigenvalue weighted by atomic mass is 16.4. The van der Waals surface area contributed by atoms with Crippen LogP contribution in [0, 0.1) is 50.2 Å². The molecule has 4 saturated carbocycles. The zero-order chi connectivity index (χ0) is 25.8. The number of aldehydes is 1. The van der Waals surface area contributed by atoms with Gasteiger partial charge in [-0.25, -0.2) is 0 Å². The predicted octanol–water partition coefficient (Wildman–Crippen LogP) is 5.38.